The van der Waals surface area contributed by atoms with Crippen LogP contribution in [0.1, 0.15) is 27.7 Å². The minimum Gasteiger partial charge on any atom is -0.329 e. The molecule has 4 nitrogen and oxygen atoms in total. The molecule has 0 bridgehead atoms. The molecule has 4 heteroatoms. The zero-order valence-corrected chi connectivity index (χ0v) is 15.2. The van der Waals surface area contributed by atoms with Gasteiger partial charge in [0.25, 0.3) is 5.91 Å². The fraction of sp³-hybridized carbons (Fsp3) is 0.273. The highest BCUT2D eigenvalue weighted by atomic mass is 16.2. The van der Waals surface area contributed by atoms with Gasteiger partial charge in [-0.15, -0.1) is 0 Å². The van der Waals surface area contributed by atoms with Gasteiger partial charge in [0.1, 0.15) is 0 Å². The highest BCUT2D eigenvalue weighted by Gasteiger charge is 2.31. The van der Waals surface area contributed by atoms with Crippen LogP contribution in [-0.4, -0.2) is 47.4 Å². The predicted octanol–water partition coefficient (Wildman–Crippen LogP) is 3.67. The number of amides is 1. The standard InChI is InChI=1S/C22H23N3O/c1-16-14-19(18-10-6-7-11-20(18)23-16)22(26)25-13-12-24(2)15-21(25)17-8-4-3-5-9-17/h3-11,14,21H,12-13,15H2,1-2H3/t21-/m1/s1. The molecule has 1 amide bonds. The van der Waals surface area contributed by atoms with E-state index in [9.17, 15) is 4.79 Å². The third kappa shape index (κ3) is 3.08. The van der Waals surface area contributed by atoms with Gasteiger partial charge < -0.3 is 9.80 Å². The fourth-order valence-electron chi connectivity index (χ4n) is 3.76. The van der Waals surface area contributed by atoms with Crippen LogP contribution in [0.25, 0.3) is 10.9 Å². The van der Waals surface area contributed by atoms with Gasteiger partial charge in [-0.25, -0.2) is 0 Å². The van der Waals surface area contributed by atoms with Crippen molar-refractivity contribution in [3.05, 3.63) is 77.5 Å². The quantitative estimate of drug-likeness (QED) is 0.711. The van der Waals surface area contributed by atoms with Gasteiger partial charge in [0.15, 0.2) is 0 Å². The van der Waals surface area contributed by atoms with E-state index in [1.165, 1.54) is 5.56 Å². The molecule has 0 radical (unpaired) electrons. The number of piperazine rings is 1. The summed E-state index contributed by atoms with van der Waals surface area (Å²) in [5, 5.41) is 0.925. The lowest BCUT2D eigenvalue weighted by Gasteiger charge is -2.40. The average Bonchev–Trinajstić information content (AvgIpc) is 2.67. The topological polar surface area (TPSA) is 36.4 Å². The zero-order chi connectivity index (χ0) is 18.1. The third-order valence-electron chi connectivity index (χ3n) is 5.10. The van der Waals surface area contributed by atoms with Crippen molar-refractivity contribution >= 4 is 16.8 Å². The maximum absolute atomic E-state index is 13.5. The number of pyridine rings is 1. The van der Waals surface area contributed by atoms with Crippen molar-refractivity contribution in [2.45, 2.75) is 13.0 Å². The number of nitrogens with zero attached hydrogens (tertiary/aromatic N) is 3. The number of fused-ring (bicyclic) bond motifs is 1. The summed E-state index contributed by atoms with van der Waals surface area (Å²) in [6.07, 6.45) is 0. The summed E-state index contributed by atoms with van der Waals surface area (Å²) in [5.41, 5.74) is 3.68. The van der Waals surface area contributed by atoms with Crippen molar-refractivity contribution < 1.29 is 4.79 Å². The van der Waals surface area contributed by atoms with E-state index in [2.05, 4.69) is 29.1 Å². The van der Waals surface area contributed by atoms with Crippen molar-refractivity contribution in [2.75, 3.05) is 26.7 Å². The summed E-state index contributed by atoms with van der Waals surface area (Å²) in [6, 6.07) is 20.2. The second-order valence-electron chi connectivity index (χ2n) is 7.02. The van der Waals surface area contributed by atoms with E-state index in [1.807, 2.05) is 60.4 Å². The van der Waals surface area contributed by atoms with Gasteiger partial charge in [-0.3, -0.25) is 9.78 Å². The summed E-state index contributed by atoms with van der Waals surface area (Å²) in [7, 11) is 2.11. The van der Waals surface area contributed by atoms with Crippen molar-refractivity contribution in [1.82, 2.24) is 14.8 Å². The normalized spacial score (nSPS) is 18.2. The predicted molar refractivity (Wildman–Crippen MR) is 104 cm³/mol. The van der Waals surface area contributed by atoms with Crippen molar-refractivity contribution in [1.29, 1.82) is 0 Å². The van der Waals surface area contributed by atoms with Gasteiger partial charge in [0, 0.05) is 30.7 Å². The smallest absolute Gasteiger partial charge is 0.255 e. The molecule has 1 aliphatic rings. The van der Waals surface area contributed by atoms with Crippen molar-refractivity contribution in [3.63, 3.8) is 0 Å². The Bertz CT molecular complexity index is 939. The molecule has 1 saturated heterocycles. The summed E-state index contributed by atoms with van der Waals surface area (Å²) >= 11 is 0. The first-order valence-electron chi connectivity index (χ1n) is 9.04. The molecule has 1 fully saturated rings. The molecule has 3 aromatic rings. The maximum atomic E-state index is 13.5. The van der Waals surface area contributed by atoms with Gasteiger partial charge in [-0.2, -0.15) is 0 Å². The highest BCUT2D eigenvalue weighted by molar-refractivity contribution is 6.06. The molecular formula is C22H23N3O. The Morgan fingerprint density at radius 2 is 1.77 bits per heavy atom. The monoisotopic (exact) mass is 345 g/mol. The number of benzene rings is 2. The molecule has 0 unspecified atom stereocenters. The molecule has 0 N–H and O–H groups in total. The molecule has 132 valence electrons. The first-order chi connectivity index (χ1) is 12.6. The van der Waals surface area contributed by atoms with Crippen LogP contribution < -0.4 is 0 Å². The van der Waals surface area contributed by atoms with Gasteiger partial charge >= 0.3 is 0 Å². The molecular weight excluding hydrogens is 322 g/mol. The lowest BCUT2D eigenvalue weighted by atomic mass is 10.00. The minimum atomic E-state index is 0.0645. The Hall–Kier alpha value is -2.72. The molecule has 0 aliphatic carbocycles. The van der Waals surface area contributed by atoms with E-state index < -0.39 is 0 Å². The number of carbonyl (C=O) groups is 1. The number of aromatic nitrogens is 1. The van der Waals surface area contributed by atoms with Crippen LogP contribution >= 0.6 is 0 Å². The minimum absolute atomic E-state index is 0.0645. The molecule has 1 atom stereocenters. The summed E-state index contributed by atoms with van der Waals surface area (Å²) < 4.78 is 0. The lowest BCUT2D eigenvalue weighted by molar-refractivity contribution is 0.0500. The number of carbonyl (C=O) groups excluding carboxylic acids is 1. The largest absolute Gasteiger partial charge is 0.329 e. The Morgan fingerprint density at radius 1 is 1.04 bits per heavy atom. The van der Waals surface area contributed by atoms with Gasteiger partial charge in [0.2, 0.25) is 0 Å². The maximum Gasteiger partial charge on any atom is 0.255 e. The molecule has 1 aromatic heterocycles. The van der Waals surface area contributed by atoms with Crippen LogP contribution in [0, 0.1) is 6.92 Å². The van der Waals surface area contributed by atoms with Crippen molar-refractivity contribution in [2.24, 2.45) is 0 Å². The summed E-state index contributed by atoms with van der Waals surface area (Å²) in [5.74, 6) is 0.0913. The number of para-hydroxylation sites is 1. The molecule has 0 saturated carbocycles. The number of rotatable bonds is 2. The molecule has 0 spiro atoms. The summed E-state index contributed by atoms with van der Waals surface area (Å²) in [6.45, 7) is 4.40. The molecule has 1 aliphatic heterocycles. The van der Waals surface area contributed by atoms with Crippen LogP contribution in [0.2, 0.25) is 0 Å². The second-order valence-corrected chi connectivity index (χ2v) is 7.02. The van der Waals surface area contributed by atoms with Gasteiger partial charge in [-0.05, 0) is 31.7 Å². The van der Waals surface area contributed by atoms with Crippen LogP contribution in [0.3, 0.4) is 0 Å². The Morgan fingerprint density at radius 3 is 2.58 bits per heavy atom. The SMILES string of the molecule is Cc1cc(C(=O)N2CCN(C)C[C@@H]2c2ccccc2)c2ccccc2n1. The van der Waals surface area contributed by atoms with E-state index >= 15 is 0 Å². The van der Waals surface area contributed by atoms with E-state index in [0.29, 0.717) is 0 Å². The zero-order valence-electron chi connectivity index (χ0n) is 15.2. The molecule has 2 aromatic carbocycles. The number of hydrogen-bond acceptors (Lipinski definition) is 3. The Kier molecular flexibility index (Phi) is 4.43. The lowest BCUT2D eigenvalue weighted by Crippen LogP contribution is -2.49. The van der Waals surface area contributed by atoms with E-state index in [1.54, 1.807) is 0 Å². The number of aryl methyl sites for hydroxylation is 1. The number of hydrogen-bond donors (Lipinski definition) is 0. The Labute approximate surface area is 154 Å². The van der Waals surface area contributed by atoms with Crippen LogP contribution in [0.15, 0.2) is 60.7 Å². The second kappa shape index (κ2) is 6.89. The van der Waals surface area contributed by atoms with Gasteiger partial charge in [-0.1, -0.05) is 48.5 Å². The van der Waals surface area contributed by atoms with Gasteiger partial charge in [0.05, 0.1) is 17.1 Å². The van der Waals surface area contributed by atoms with Crippen LogP contribution in [0.5, 0.6) is 0 Å². The highest BCUT2D eigenvalue weighted by Crippen LogP contribution is 2.28. The van der Waals surface area contributed by atoms with E-state index in [0.717, 1.165) is 41.8 Å². The van der Waals surface area contributed by atoms with Crippen molar-refractivity contribution in [3.8, 4) is 0 Å². The average molecular weight is 345 g/mol. The first-order valence-corrected chi connectivity index (χ1v) is 9.04. The molecule has 4 rings (SSSR count). The van der Waals surface area contributed by atoms with Crippen LogP contribution in [0.4, 0.5) is 0 Å². The first kappa shape index (κ1) is 16.7. The Balaban J connectivity index is 1.77. The van der Waals surface area contributed by atoms with E-state index in [-0.39, 0.29) is 11.9 Å². The molecule has 26 heavy (non-hydrogen) atoms. The van der Waals surface area contributed by atoms with Crippen LogP contribution in [-0.2, 0) is 0 Å². The van der Waals surface area contributed by atoms with E-state index in [4.69, 9.17) is 0 Å². The number of likely N-dealkylation sites (N-methyl/N-ethyl adjacent to an activating group) is 1. The summed E-state index contributed by atoms with van der Waals surface area (Å²) in [4.78, 5) is 22.4. The molecule has 2 heterocycles. The third-order valence-corrected chi connectivity index (χ3v) is 5.10. The fourth-order valence-corrected chi connectivity index (χ4v) is 3.76.